The van der Waals surface area contributed by atoms with Crippen molar-refractivity contribution in [1.29, 1.82) is 0 Å². The topological polar surface area (TPSA) is 38.0 Å². The van der Waals surface area contributed by atoms with Crippen molar-refractivity contribution in [2.75, 3.05) is 5.88 Å². The van der Waals surface area contributed by atoms with Crippen molar-refractivity contribution in [3.63, 3.8) is 0 Å². The maximum atomic E-state index is 9.74. The van der Waals surface area contributed by atoms with E-state index in [1.807, 2.05) is 11.7 Å². The zero-order valence-electron chi connectivity index (χ0n) is 9.41. The Kier molecular flexibility index (Phi) is 5.12. The molecule has 0 spiro atoms. The Hall–Kier alpha value is -0.540. The van der Waals surface area contributed by atoms with Crippen molar-refractivity contribution in [3.8, 4) is 0 Å². The molecule has 0 saturated carbocycles. The van der Waals surface area contributed by atoms with E-state index in [2.05, 4.69) is 18.1 Å². The molecule has 0 fully saturated rings. The number of nitrogens with zero attached hydrogens (tertiary/aromatic N) is 2. The van der Waals surface area contributed by atoms with E-state index in [0.717, 1.165) is 30.7 Å². The van der Waals surface area contributed by atoms with Gasteiger partial charge in [-0.25, -0.2) is 0 Å². The smallest absolute Gasteiger partial charge is 0.0624 e. The van der Waals surface area contributed by atoms with Crippen LogP contribution in [0.1, 0.15) is 31.2 Å². The molecule has 0 aliphatic heterocycles. The first-order valence-corrected chi connectivity index (χ1v) is 5.96. The van der Waals surface area contributed by atoms with Gasteiger partial charge in [0.05, 0.1) is 11.8 Å². The molecule has 1 rings (SSSR count). The number of alkyl halides is 1. The van der Waals surface area contributed by atoms with Crippen molar-refractivity contribution in [1.82, 2.24) is 9.78 Å². The molecule has 0 aliphatic rings. The highest BCUT2D eigenvalue weighted by Crippen LogP contribution is 2.10. The maximum Gasteiger partial charge on any atom is 0.0624 e. The predicted octanol–water partition coefficient (Wildman–Crippen LogP) is 1.90. The van der Waals surface area contributed by atoms with Gasteiger partial charge in [0.1, 0.15) is 0 Å². The molecule has 0 aromatic carbocycles. The van der Waals surface area contributed by atoms with Gasteiger partial charge in [-0.05, 0) is 25.3 Å². The minimum atomic E-state index is -0.302. The Morgan fingerprint density at radius 2 is 2.33 bits per heavy atom. The fourth-order valence-corrected chi connectivity index (χ4v) is 1.75. The van der Waals surface area contributed by atoms with Crippen LogP contribution in [0.2, 0.25) is 0 Å². The van der Waals surface area contributed by atoms with Gasteiger partial charge in [0.2, 0.25) is 0 Å². The molecule has 0 bridgehead atoms. The number of aliphatic hydroxyl groups excluding tert-OH is 1. The first-order chi connectivity index (χ1) is 7.17. The lowest BCUT2D eigenvalue weighted by Gasteiger charge is -2.09. The lowest BCUT2D eigenvalue weighted by molar-refractivity contribution is 0.161. The first-order valence-electron chi connectivity index (χ1n) is 5.43. The van der Waals surface area contributed by atoms with Gasteiger partial charge in [0, 0.05) is 25.0 Å². The lowest BCUT2D eigenvalue weighted by atomic mass is 10.1. The minimum absolute atomic E-state index is 0.302. The van der Waals surface area contributed by atoms with Crippen LogP contribution < -0.4 is 0 Å². The molecular weight excluding hydrogens is 212 g/mol. The first kappa shape index (κ1) is 12.5. The van der Waals surface area contributed by atoms with E-state index >= 15 is 0 Å². The van der Waals surface area contributed by atoms with Crippen molar-refractivity contribution in [3.05, 3.63) is 17.5 Å². The molecule has 1 heterocycles. The van der Waals surface area contributed by atoms with Crippen LogP contribution in [0.5, 0.6) is 0 Å². The quantitative estimate of drug-likeness (QED) is 0.759. The molecule has 1 aromatic heterocycles. The maximum absolute atomic E-state index is 9.74. The minimum Gasteiger partial charge on any atom is -0.393 e. The van der Waals surface area contributed by atoms with Gasteiger partial charge >= 0.3 is 0 Å². The predicted molar refractivity (Wildman–Crippen MR) is 62.3 cm³/mol. The number of halogens is 1. The van der Waals surface area contributed by atoms with E-state index in [9.17, 15) is 5.11 Å². The van der Waals surface area contributed by atoms with Crippen LogP contribution in [0, 0.1) is 0 Å². The summed E-state index contributed by atoms with van der Waals surface area (Å²) in [6.45, 7) is 2.08. The number of rotatable bonds is 6. The highest BCUT2D eigenvalue weighted by Gasteiger charge is 2.09. The van der Waals surface area contributed by atoms with Crippen molar-refractivity contribution in [2.45, 2.75) is 38.7 Å². The van der Waals surface area contributed by atoms with E-state index < -0.39 is 0 Å². The molecule has 3 nitrogen and oxygen atoms in total. The second-order valence-electron chi connectivity index (χ2n) is 3.79. The number of hydrogen-bond donors (Lipinski definition) is 1. The van der Waals surface area contributed by atoms with Crippen LogP contribution in [0.25, 0.3) is 0 Å². The Morgan fingerprint density at radius 1 is 1.60 bits per heavy atom. The summed E-state index contributed by atoms with van der Waals surface area (Å²) in [5.41, 5.74) is 2.17. The van der Waals surface area contributed by atoms with Crippen molar-refractivity contribution in [2.24, 2.45) is 7.05 Å². The highest BCUT2D eigenvalue weighted by molar-refractivity contribution is 6.17. The summed E-state index contributed by atoms with van der Waals surface area (Å²) in [4.78, 5) is 0. The summed E-state index contributed by atoms with van der Waals surface area (Å²) in [6, 6.07) is 2.06. The zero-order chi connectivity index (χ0) is 11.3. The standard InChI is InChI=1S/C11H19ClN2O/c1-3-9-7-10(14(2)13-9)8-11(15)5-4-6-12/h7,11,15H,3-6,8H2,1-2H3. The summed E-state index contributed by atoms with van der Waals surface area (Å²) < 4.78 is 1.85. The molecule has 0 aliphatic carbocycles. The molecule has 1 aromatic rings. The molecule has 86 valence electrons. The van der Waals surface area contributed by atoms with Crippen LogP contribution in [-0.2, 0) is 19.9 Å². The number of aryl methyl sites for hydroxylation is 2. The van der Waals surface area contributed by atoms with Crippen molar-refractivity contribution < 1.29 is 5.11 Å². The zero-order valence-corrected chi connectivity index (χ0v) is 10.2. The van der Waals surface area contributed by atoms with Gasteiger partial charge in [0.15, 0.2) is 0 Å². The third kappa shape index (κ3) is 3.84. The SMILES string of the molecule is CCc1cc(CC(O)CCCCl)n(C)n1. The average Bonchev–Trinajstić information content (AvgIpc) is 2.57. The van der Waals surface area contributed by atoms with Crippen molar-refractivity contribution >= 4 is 11.6 Å². The van der Waals surface area contributed by atoms with Crippen LogP contribution in [0.15, 0.2) is 6.07 Å². The normalized spacial score (nSPS) is 13.1. The number of aliphatic hydroxyl groups is 1. The highest BCUT2D eigenvalue weighted by atomic mass is 35.5. The van der Waals surface area contributed by atoms with E-state index in [0.29, 0.717) is 12.3 Å². The van der Waals surface area contributed by atoms with Gasteiger partial charge in [-0.15, -0.1) is 11.6 Å². The number of aromatic nitrogens is 2. The van der Waals surface area contributed by atoms with E-state index in [1.54, 1.807) is 0 Å². The summed E-state index contributed by atoms with van der Waals surface area (Å²) in [7, 11) is 1.92. The summed E-state index contributed by atoms with van der Waals surface area (Å²) in [5, 5.41) is 14.1. The molecule has 0 saturated heterocycles. The molecule has 0 amide bonds. The van der Waals surface area contributed by atoms with Crippen LogP contribution in [0.3, 0.4) is 0 Å². The molecular formula is C11H19ClN2O. The van der Waals surface area contributed by atoms with E-state index in [4.69, 9.17) is 11.6 Å². The molecule has 15 heavy (non-hydrogen) atoms. The fraction of sp³-hybridized carbons (Fsp3) is 0.727. The third-order valence-electron chi connectivity index (χ3n) is 2.51. The molecule has 4 heteroatoms. The van der Waals surface area contributed by atoms with Gasteiger partial charge in [0.25, 0.3) is 0 Å². The summed E-state index contributed by atoms with van der Waals surface area (Å²) in [6.07, 6.45) is 2.92. The second-order valence-corrected chi connectivity index (χ2v) is 4.17. The van der Waals surface area contributed by atoms with Gasteiger partial charge in [-0.2, -0.15) is 5.10 Å². The molecule has 1 unspecified atom stereocenters. The Labute approximate surface area is 96.1 Å². The fourth-order valence-electron chi connectivity index (χ4n) is 1.59. The van der Waals surface area contributed by atoms with Crippen LogP contribution in [-0.4, -0.2) is 26.9 Å². The largest absolute Gasteiger partial charge is 0.393 e. The second kappa shape index (κ2) is 6.13. The number of hydrogen-bond acceptors (Lipinski definition) is 2. The average molecular weight is 231 g/mol. The van der Waals surface area contributed by atoms with E-state index in [-0.39, 0.29) is 6.10 Å². The Balaban J connectivity index is 2.51. The summed E-state index contributed by atoms with van der Waals surface area (Å²) in [5.74, 6) is 0.614. The third-order valence-corrected chi connectivity index (χ3v) is 2.77. The molecule has 1 atom stereocenters. The van der Waals surface area contributed by atoms with Crippen LogP contribution in [0.4, 0.5) is 0 Å². The van der Waals surface area contributed by atoms with Gasteiger partial charge in [-0.1, -0.05) is 6.92 Å². The molecule has 1 N–H and O–H groups in total. The van der Waals surface area contributed by atoms with E-state index in [1.165, 1.54) is 0 Å². The summed E-state index contributed by atoms with van der Waals surface area (Å²) >= 11 is 5.58. The van der Waals surface area contributed by atoms with Gasteiger partial charge < -0.3 is 5.11 Å². The Bertz CT molecular complexity index is 299. The monoisotopic (exact) mass is 230 g/mol. The Morgan fingerprint density at radius 3 is 2.87 bits per heavy atom. The molecule has 0 radical (unpaired) electrons. The lowest BCUT2D eigenvalue weighted by Crippen LogP contribution is -2.13. The van der Waals surface area contributed by atoms with Gasteiger partial charge in [-0.3, -0.25) is 4.68 Å². The van der Waals surface area contributed by atoms with Crippen LogP contribution >= 0.6 is 11.6 Å².